The van der Waals surface area contributed by atoms with Gasteiger partial charge in [-0.2, -0.15) is 10.2 Å². The fraction of sp³-hybridized carbons (Fsp3) is 0.684. The SMILES string of the molecule is CCNC(=NCc1c(CC)nn(C)c1CC)NC1CCc2nc(C)nn2C1. The summed E-state index contributed by atoms with van der Waals surface area (Å²) in [6.07, 6.45) is 3.88. The Bertz CT molecular complexity index is 801. The zero-order chi connectivity index (χ0) is 19.4. The molecule has 1 aliphatic heterocycles. The number of nitrogens with zero attached hydrogens (tertiary/aromatic N) is 6. The van der Waals surface area contributed by atoms with Crippen LogP contribution in [0.4, 0.5) is 0 Å². The predicted molar refractivity (Wildman–Crippen MR) is 107 cm³/mol. The second-order valence-corrected chi connectivity index (χ2v) is 7.04. The molecular weight excluding hydrogens is 340 g/mol. The first kappa shape index (κ1) is 19.4. The van der Waals surface area contributed by atoms with E-state index in [2.05, 4.69) is 46.6 Å². The Hall–Kier alpha value is -2.38. The van der Waals surface area contributed by atoms with E-state index in [9.17, 15) is 0 Å². The van der Waals surface area contributed by atoms with Crippen LogP contribution < -0.4 is 10.6 Å². The first-order chi connectivity index (χ1) is 13.0. The first-order valence-corrected chi connectivity index (χ1v) is 10.0. The number of hydrogen-bond donors (Lipinski definition) is 2. The molecule has 0 bridgehead atoms. The molecule has 0 spiro atoms. The van der Waals surface area contributed by atoms with E-state index in [1.54, 1.807) is 0 Å². The quantitative estimate of drug-likeness (QED) is 0.593. The molecule has 1 atom stereocenters. The number of fused-ring (bicyclic) bond motifs is 1. The molecule has 3 heterocycles. The minimum Gasteiger partial charge on any atom is -0.357 e. The van der Waals surface area contributed by atoms with Gasteiger partial charge < -0.3 is 10.6 Å². The van der Waals surface area contributed by atoms with Crippen molar-refractivity contribution in [3.05, 3.63) is 28.6 Å². The molecule has 0 saturated heterocycles. The highest BCUT2D eigenvalue weighted by molar-refractivity contribution is 5.80. The monoisotopic (exact) mass is 372 g/mol. The summed E-state index contributed by atoms with van der Waals surface area (Å²) < 4.78 is 4.02. The molecule has 1 aliphatic rings. The highest BCUT2D eigenvalue weighted by Crippen LogP contribution is 2.17. The molecule has 8 heteroatoms. The summed E-state index contributed by atoms with van der Waals surface area (Å²) in [7, 11) is 2.02. The number of aliphatic imine (C=N–C) groups is 1. The van der Waals surface area contributed by atoms with Gasteiger partial charge in [-0.15, -0.1) is 0 Å². The molecule has 2 aromatic heterocycles. The van der Waals surface area contributed by atoms with Crippen molar-refractivity contribution in [2.24, 2.45) is 12.0 Å². The standard InChI is InChI=1S/C19H32N8/c1-6-16-15(17(7-2)26(5)25-16)11-21-19(20-8-3)23-14-9-10-18-22-13(4)24-27(18)12-14/h14H,6-12H2,1-5H3,(H2,20,21,23). The second-order valence-electron chi connectivity index (χ2n) is 7.04. The third-order valence-electron chi connectivity index (χ3n) is 5.07. The molecule has 2 N–H and O–H groups in total. The molecule has 8 nitrogen and oxygen atoms in total. The van der Waals surface area contributed by atoms with Crippen LogP contribution in [0, 0.1) is 6.92 Å². The van der Waals surface area contributed by atoms with E-state index < -0.39 is 0 Å². The van der Waals surface area contributed by atoms with Gasteiger partial charge in [-0.05, 0) is 33.1 Å². The van der Waals surface area contributed by atoms with E-state index in [4.69, 9.17) is 4.99 Å². The zero-order valence-electron chi connectivity index (χ0n) is 17.2. The van der Waals surface area contributed by atoms with Crippen molar-refractivity contribution in [3.8, 4) is 0 Å². The van der Waals surface area contributed by atoms with E-state index >= 15 is 0 Å². The van der Waals surface area contributed by atoms with Gasteiger partial charge in [0.1, 0.15) is 11.6 Å². The van der Waals surface area contributed by atoms with Crippen LogP contribution in [0.25, 0.3) is 0 Å². The summed E-state index contributed by atoms with van der Waals surface area (Å²) in [5, 5.41) is 16.1. The van der Waals surface area contributed by atoms with Gasteiger partial charge in [-0.1, -0.05) is 13.8 Å². The molecule has 1 unspecified atom stereocenters. The van der Waals surface area contributed by atoms with Crippen molar-refractivity contribution in [1.82, 2.24) is 35.2 Å². The Morgan fingerprint density at radius 2 is 2.04 bits per heavy atom. The fourth-order valence-electron chi connectivity index (χ4n) is 3.80. The molecule has 0 fully saturated rings. The van der Waals surface area contributed by atoms with E-state index in [1.165, 1.54) is 11.3 Å². The van der Waals surface area contributed by atoms with Gasteiger partial charge in [0.25, 0.3) is 0 Å². The molecule has 0 aliphatic carbocycles. The van der Waals surface area contributed by atoms with Crippen molar-refractivity contribution in [3.63, 3.8) is 0 Å². The molecule has 3 rings (SSSR count). The number of nitrogens with one attached hydrogen (secondary N) is 2. The van der Waals surface area contributed by atoms with E-state index in [1.807, 2.05) is 23.3 Å². The number of rotatable bonds is 6. The van der Waals surface area contributed by atoms with Gasteiger partial charge in [0.05, 0.1) is 18.8 Å². The highest BCUT2D eigenvalue weighted by atomic mass is 15.4. The maximum atomic E-state index is 4.87. The molecule has 0 amide bonds. The maximum absolute atomic E-state index is 4.87. The predicted octanol–water partition coefficient (Wildman–Crippen LogP) is 1.51. The van der Waals surface area contributed by atoms with E-state index in [0.717, 1.165) is 62.1 Å². The van der Waals surface area contributed by atoms with E-state index in [0.29, 0.717) is 12.6 Å². The van der Waals surface area contributed by atoms with Gasteiger partial charge >= 0.3 is 0 Å². The summed E-state index contributed by atoms with van der Waals surface area (Å²) in [6.45, 7) is 10.7. The Morgan fingerprint density at radius 3 is 2.74 bits per heavy atom. The third kappa shape index (κ3) is 4.31. The summed E-state index contributed by atoms with van der Waals surface area (Å²) in [6, 6.07) is 0.307. The lowest BCUT2D eigenvalue weighted by Crippen LogP contribution is -2.47. The largest absolute Gasteiger partial charge is 0.357 e. The van der Waals surface area contributed by atoms with Crippen molar-refractivity contribution in [2.75, 3.05) is 6.54 Å². The number of hydrogen-bond acceptors (Lipinski definition) is 4. The zero-order valence-corrected chi connectivity index (χ0v) is 17.2. The maximum Gasteiger partial charge on any atom is 0.191 e. The van der Waals surface area contributed by atoms with Crippen LogP contribution in [0.1, 0.15) is 55.8 Å². The first-order valence-electron chi connectivity index (χ1n) is 10.0. The van der Waals surface area contributed by atoms with Crippen LogP contribution in [0.3, 0.4) is 0 Å². The molecule has 0 aromatic carbocycles. The normalized spacial score (nSPS) is 17.1. The molecule has 0 radical (unpaired) electrons. The lowest BCUT2D eigenvalue weighted by atomic mass is 10.1. The Morgan fingerprint density at radius 1 is 1.22 bits per heavy atom. The summed E-state index contributed by atoms with van der Waals surface area (Å²) in [5.41, 5.74) is 3.68. The molecule has 27 heavy (non-hydrogen) atoms. The van der Waals surface area contributed by atoms with E-state index in [-0.39, 0.29) is 0 Å². The number of guanidine groups is 1. The summed E-state index contributed by atoms with van der Waals surface area (Å²) in [5.74, 6) is 2.79. The molecule has 2 aromatic rings. The van der Waals surface area contributed by atoms with Crippen molar-refractivity contribution in [1.29, 1.82) is 0 Å². The van der Waals surface area contributed by atoms with Crippen LogP contribution in [0.5, 0.6) is 0 Å². The third-order valence-corrected chi connectivity index (χ3v) is 5.07. The van der Waals surface area contributed by atoms with Crippen LogP contribution in [-0.2, 0) is 39.4 Å². The molecule has 0 saturated carbocycles. The average Bonchev–Trinajstić information content (AvgIpc) is 3.17. The average molecular weight is 373 g/mol. The van der Waals surface area contributed by atoms with Gasteiger partial charge in [-0.25, -0.2) is 14.7 Å². The molecule has 148 valence electrons. The Kier molecular flexibility index (Phi) is 6.13. The smallest absolute Gasteiger partial charge is 0.191 e. The van der Waals surface area contributed by atoms with Gasteiger partial charge in [0.15, 0.2) is 5.96 Å². The number of aryl methyl sites for hydroxylation is 4. The summed E-state index contributed by atoms with van der Waals surface area (Å²) >= 11 is 0. The minimum atomic E-state index is 0.307. The van der Waals surface area contributed by atoms with Gasteiger partial charge in [0, 0.05) is 37.3 Å². The van der Waals surface area contributed by atoms with Crippen molar-refractivity contribution < 1.29 is 0 Å². The lowest BCUT2D eigenvalue weighted by Gasteiger charge is -2.25. The molecular formula is C19H32N8. The second kappa shape index (κ2) is 8.54. The van der Waals surface area contributed by atoms with Crippen LogP contribution >= 0.6 is 0 Å². The minimum absolute atomic E-state index is 0.307. The van der Waals surface area contributed by atoms with Gasteiger partial charge in [0.2, 0.25) is 0 Å². The van der Waals surface area contributed by atoms with Crippen molar-refractivity contribution in [2.45, 2.75) is 72.5 Å². The van der Waals surface area contributed by atoms with Crippen LogP contribution in [0.15, 0.2) is 4.99 Å². The Balaban J connectivity index is 1.72. The lowest BCUT2D eigenvalue weighted by molar-refractivity contribution is 0.392. The number of aromatic nitrogens is 5. The van der Waals surface area contributed by atoms with Crippen LogP contribution in [-0.4, -0.2) is 43.1 Å². The topological polar surface area (TPSA) is 84.9 Å². The summed E-state index contributed by atoms with van der Waals surface area (Å²) in [4.78, 5) is 9.35. The van der Waals surface area contributed by atoms with Crippen LogP contribution in [0.2, 0.25) is 0 Å². The fourth-order valence-corrected chi connectivity index (χ4v) is 3.80. The highest BCUT2D eigenvalue weighted by Gasteiger charge is 2.22. The van der Waals surface area contributed by atoms with Gasteiger partial charge in [-0.3, -0.25) is 4.68 Å². The Labute approximate surface area is 161 Å². The van der Waals surface area contributed by atoms with Crippen molar-refractivity contribution >= 4 is 5.96 Å².